The Hall–Kier alpha value is -2.82. The number of aryl methyl sites for hydroxylation is 1. The number of halogens is 1. The largest absolute Gasteiger partial charge is 0.497 e. The summed E-state index contributed by atoms with van der Waals surface area (Å²) in [7, 11) is 1.64. The molecule has 1 amide bonds. The molecule has 0 unspecified atom stereocenters. The van der Waals surface area contributed by atoms with Crippen LogP contribution in [0.3, 0.4) is 0 Å². The number of methoxy groups -OCH3 is 1. The Morgan fingerprint density at radius 1 is 1.22 bits per heavy atom. The highest BCUT2D eigenvalue weighted by Crippen LogP contribution is 2.35. The van der Waals surface area contributed by atoms with Crippen LogP contribution in [0, 0.1) is 12.7 Å². The number of aromatic nitrogens is 1. The summed E-state index contributed by atoms with van der Waals surface area (Å²) in [6.07, 6.45) is 2.96. The number of benzene rings is 2. The lowest BCUT2D eigenvalue weighted by atomic mass is 9.94. The van der Waals surface area contributed by atoms with Crippen molar-refractivity contribution in [2.45, 2.75) is 32.2 Å². The molecule has 5 heteroatoms. The first-order valence-corrected chi connectivity index (χ1v) is 9.32. The van der Waals surface area contributed by atoms with Gasteiger partial charge < -0.3 is 14.6 Å². The summed E-state index contributed by atoms with van der Waals surface area (Å²) in [5.74, 6) is 0.377. The highest BCUT2D eigenvalue weighted by Gasteiger charge is 2.31. The lowest BCUT2D eigenvalue weighted by molar-refractivity contribution is 0.0605. The van der Waals surface area contributed by atoms with Gasteiger partial charge in [0.2, 0.25) is 0 Å². The number of fused-ring (bicyclic) bond motifs is 1. The van der Waals surface area contributed by atoms with Crippen LogP contribution in [0.15, 0.2) is 42.5 Å². The number of para-hydroxylation sites is 1. The molecule has 4 rings (SSSR count). The molecule has 1 saturated heterocycles. The summed E-state index contributed by atoms with van der Waals surface area (Å²) < 4.78 is 19.5. The average molecular weight is 366 g/mol. The molecule has 2 aromatic carbocycles. The smallest absolute Gasteiger partial charge is 0.271 e. The Morgan fingerprint density at radius 2 is 2.04 bits per heavy atom. The molecule has 1 atom stereocenters. The van der Waals surface area contributed by atoms with Crippen LogP contribution in [0.25, 0.3) is 10.9 Å². The van der Waals surface area contributed by atoms with E-state index in [2.05, 4.69) is 4.98 Å². The first-order valence-electron chi connectivity index (χ1n) is 9.32. The van der Waals surface area contributed by atoms with Crippen LogP contribution < -0.4 is 4.74 Å². The fraction of sp³-hybridized carbons (Fsp3) is 0.318. The first kappa shape index (κ1) is 17.6. The Bertz CT molecular complexity index is 995. The van der Waals surface area contributed by atoms with Crippen LogP contribution in [-0.2, 0) is 0 Å². The standard InChI is InChI=1S/C22H23FN2O2/c1-14-17-9-6-10-18(23)21(17)24-20(14)22(26)25-12-4-3-11-19(25)15-7-5-8-16(13-15)27-2/h5-10,13,19,24H,3-4,11-12H2,1-2H3/t19-/m1/s1. The number of likely N-dealkylation sites (tertiary alicyclic amines) is 1. The van der Waals surface area contributed by atoms with Gasteiger partial charge in [0.25, 0.3) is 5.91 Å². The molecular weight excluding hydrogens is 343 g/mol. The lowest BCUT2D eigenvalue weighted by Crippen LogP contribution is -2.39. The van der Waals surface area contributed by atoms with Crippen LogP contribution in [0.5, 0.6) is 5.75 Å². The summed E-state index contributed by atoms with van der Waals surface area (Å²) in [6, 6.07) is 12.8. The number of hydrogen-bond donors (Lipinski definition) is 1. The predicted molar refractivity (Wildman–Crippen MR) is 104 cm³/mol. The molecule has 0 bridgehead atoms. The summed E-state index contributed by atoms with van der Waals surface area (Å²) in [6.45, 7) is 2.56. The van der Waals surface area contributed by atoms with E-state index in [1.807, 2.05) is 42.2 Å². The number of amides is 1. The van der Waals surface area contributed by atoms with Gasteiger partial charge in [-0.25, -0.2) is 4.39 Å². The van der Waals surface area contributed by atoms with Crippen molar-refractivity contribution < 1.29 is 13.9 Å². The third-order valence-corrected chi connectivity index (χ3v) is 5.50. The van der Waals surface area contributed by atoms with Crippen molar-refractivity contribution in [1.82, 2.24) is 9.88 Å². The Morgan fingerprint density at radius 3 is 2.81 bits per heavy atom. The molecular formula is C22H23FN2O2. The van der Waals surface area contributed by atoms with Gasteiger partial charge in [-0.2, -0.15) is 0 Å². The van der Waals surface area contributed by atoms with Crippen molar-refractivity contribution in [2.24, 2.45) is 0 Å². The topological polar surface area (TPSA) is 45.3 Å². The van der Waals surface area contributed by atoms with E-state index < -0.39 is 0 Å². The summed E-state index contributed by atoms with van der Waals surface area (Å²) in [5.41, 5.74) is 2.74. The molecule has 0 saturated carbocycles. The van der Waals surface area contributed by atoms with Crippen LogP contribution in [-0.4, -0.2) is 29.4 Å². The van der Waals surface area contributed by atoms with Gasteiger partial charge in [0.05, 0.1) is 18.7 Å². The number of piperidine rings is 1. The lowest BCUT2D eigenvalue weighted by Gasteiger charge is -2.36. The summed E-state index contributed by atoms with van der Waals surface area (Å²) in [4.78, 5) is 18.3. The monoisotopic (exact) mass is 366 g/mol. The molecule has 1 fully saturated rings. The molecule has 1 aliphatic heterocycles. The minimum absolute atomic E-state index is 0.00277. The fourth-order valence-electron chi connectivity index (χ4n) is 4.04. The maximum atomic E-state index is 14.1. The molecule has 1 aromatic heterocycles. The zero-order valence-electron chi connectivity index (χ0n) is 15.6. The van der Waals surface area contributed by atoms with E-state index in [1.54, 1.807) is 13.2 Å². The van der Waals surface area contributed by atoms with E-state index in [9.17, 15) is 9.18 Å². The number of hydrogen-bond acceptors (Lipinski definition) is 2. The van der Waals surface area contributed by atoms with Gasteiger partial charge in [-0.3, -0.25) is 4.79 Å². The highest BCUT2D eigenvalue weighted by atomic mass is 19.1. The van der Waals surface area contributed by atoms with Crippen LogP contribution >= 0.6 is 0 Å². The van der Waals surface area contributed by atoms with E-state index >= 15 is 0 Å². The molecule has 140 valence electrons. The van der Waals surface area contributed by atoms with E-state index in [4.69, 9.17) is 4.74 Å². The molecule has 0 radical (unpaired) electrons. The molecule has 27 heavy (non-hydrogen) atoms. The number of carbonyl (C=O) groups excluding carboxylic acids is 1. The van der Waals surface area contributed by atoms with Crippen molar-refractivity contribution in [1.29, 1.82) is 0 Å². The molecule has 1 N–H and O–H groups in total. The minimum Gasteiger partial charge on any atom is -0.497 e. The number of ether oxygens (including phenoxy) is 1. The van der Waals surface area contributed by atoms with Gasteiger partial charge in [0.1, 0.15) is 17.3 Å². The molecule has 0 spiro atoms. The van der Waals surface area contributed by atoms with Crippen molar-refractivity contribution in [3.8, 4) is 5.75 Å². The maximum absolute atomic E-state index is 14.1. The second-order valence-electron chi connectivity index (χ2n) is 7.07. The number of aromatic amines is 1. The van der Waals surface area contributed by atoms with Crippen molar-refractivity contribution in [3.63, 3.8) is 0 Å². The van der Waals surface area contributed by atoms with Gasteiger partial charge in [0, 0.05) is 11.9 Å². The van der Waals surface area contributed by atoms with Gasteiger partial charge in [-0.15, -0.1) is 0 Å². The predicted octanol–water partition coefficient (Wildman–Crippen LogP) is 4.99. The molecule has 4 nitrogen and oxygen atoms in total. The third-order valence-electron chi connectivity index (χ3n) is 5.50. The van der Waals surface area contributed by atoms with Gasteiger partial charge >= 0.3 is 0 Å². The molecule has 1 aliphatic rings. The Kier molecular flexibility index (Phi) is 4.60. The number of rotatable bonds is 3. The highest BCUT2D eigenvalue weighted by molar-refractivity contribution is 6.01. The van der Waals surface area contributed by atoms with Crippen LogP contribution in [0.2, 0.25) is 0 Å². The van der Waals surface area contributed by atoms with Crippen molar-refractivity contribution >= 4 is 16.8 Å². The zero-order valence-corrected chi connectivity index (χ0v) is 15.6. The third kappa shape index (κ3) is 3.07. The second kappa shape index (κ2) is 7.06. The van der Waals surface area contributed by atoms with E-state index in [-0.39, 0.29) is 17.8 Å². The van der Waals surface area contributed by atoms with E-state index in [0.29, 0.717) is 17.8 Å². The SMILES string of the molecule is COc1cccc([C@H]2CCCCN2C(=O)c2[nH]c3c(F)cccc3c2C)c1. The molecule has 2 heterocycles. The minimum atomic E-state index is -0.336. The quantitative estimate of drug-likeness (QED) is 0.710. The Labute approximate surface area is 157 Å². The molecule has 3 aromatic rings. The summed E-state index contributed by atoms with van der Waals surface area (Å²) >= 11 is 0. The van der Waals surface area contributed by atoms with E-state index in [0.717, 1.165) is 41.5 Å². The van der Waals surface area contributed by atoms with Crippen molar-refractivity contribution in [2.75, 3.05) is 13.7 Å². The van der Waals surface area contributed by atoms with Crippen LogP contribution in [0.1, 0.15) is 46.9 Å². The second-order valence-corrected chi connectivity index (χ2v) is 7.07. The van der Waals surface area contributed by atoms with Gasteiger partial charge in [-0.1, -0.05) is 24.3 Å². The number of nitrogens with zero attached hydrogens (tertiary/aromatic N) is 1. The van der Waals surface area contributed by atoms with Gasteiger partial charge in [-0.05, 0) is 55.5 Å². The first-order chi connectivity index (χ1) is 13.1. The number of nitrogens with one attached hydrogen (secondary N) is 1. The van der Waals surface area contributed by atoms with Crippen molar-refractivity contribution in [3.05, 3.63) is 65.1 Å². The van der Waals surface area contributed by atoms with Crippen LogP contribution in [0.4, 0.5) is 4.39 Å². The normalized spacial score (nSPS) is 17.3. The fourth-order valence-corrected chi connectivity index (χ4v) is 4.04. The summed E-state index contributed by atoms with van der Waals surface area (Å²) in [5, 5.41) is 0.758. The van der Waals surface area contributed by atoms with Gasteiger partial charge in [0.15, 0.2) is 0 Å². The zero-order chi connectivity index (χ0) is 19.0. The average Bonchev–Trinajstić information content (AvgIpc) is 3.05. The molecule has 0 aliphatic carbocycles. The number of H-pyrrole nitrogens is 1. The number of carbonyl (C=O) groups is 1. The Balaban J connectivity index is 1.73. The van der Waals surface area contributed by atoms with E-state index in [1.165, 1.54) is 6.07 Å². The maximum Gasteiger partial charge on any atom is 0.271 e.